The highest BCUT2D eigenvalue weighted by molar-refractivity contribution is 5.91. The number of aliphatic carboxylic acids is 1. The van der Waals surface area contributed by atoms with Crippen LogP contribution in [0.2, 0.25) is 0 Å². The van der Waals surface area contributed by atoms with E-state index in [1.165, 1.54) is 0 Å². The average molecular weight is 273 g/mol. The molecule has 106 valence electrons. The first-order valence-electron chi connectivity index (χ1n) is 7.12. The second-order valence-corrected chi connectivity index (χ2v) is 6.05. The number of benzene rings is 1. The minimum atomic E-state index is -0.799. The Bertz CT molecular complexity index is 557. The van der Waals surface area contributed by atoms with Gasteiger partial charge in [0.1, 0.15) is 0 Å². The van der Waals surface area contributed by atoms with Gasteiger partial charge in [-0.1, -0.05) is 36.2 Å². The number of carbonyl (C=O) groups is 2. The number of carbonyl (C=O) groups excluding carboxylic acids is 1. The number of likely N-dealkylation sites (tertiary alicyclic amines) is 1. The number of nitrogens with zero attached hydrogens (tertiary/aromatic N) is 1. The smallest absolute Gasteiger partial charge is 0.310 e. The van der Waals surface area contributed by atoms with Gasteiger partial charge >= 0.3 is 5.97 Å². The van der Waals surface area contributed by atoms with Gasteiger partial charge in [-0.2, -0.15) is 0 Å². The third kappa shape index (κ3) is 1.90. The van der Waals surface area contributed by atoms with Crippen LogP contribution in [0.3, 0.4) is 0 Å². The molecule has 4 nitrogen and oxygen atoms in total. The Hall–Kier alpha value is -1.84. The molecule has 0 unspecified atom stereocenters. The van der Waals surface area contributed by atoms with E-state index in [1.54, 1.807) is 4.90 Å². The zero-order valence-corrected chi connectivity index (χ0v) is 11.6. The SMILES string of the molecule is Cc1cccc(C2(C(=O)N3CC(C(=O)O)C3)CCC2)c1. The van der Waals surface area contributed by atoms with Crippen molar-refractivity contribution < 1.29 is 14.7 Å². The third-order valence-corrected chi connectivity index (χ3v) is 4.71. The maximum absolute atomic E-state index is 12.7. The molecule has 0 atom stereocenters. The highest BCUT2D eigenvalue weighted by Gasteiger charge is 2.50. The second-order valence-electron chi connectivity index (χ2n) is 6.05. The third-order valence-electron chi connectivity index (χ3n) is 4.71. The maximum Gasteiger partial charge on any atom is 0.310 e. The number of carboxylic acid groups (broad SMARTS) is 1. The lowest BCUT2D eigenvalue weighted by molar-refractivity contribution is -0.157. The van der Waals surface area contributed by atoms with Gasteiger partial charge in [0.25, 0.3) is 0 Å². The Morgan fingerprint density at radius 1 is 1.30 bits per heavy atom. The molecule has 4 heteroatoms. The van der Waals surface area contributed by atoms with Crippen LogP contribution in [-0.2, 0) is 15.0 Å². The summed E-state index contributed by atoms with van der Waals surface area (Å²) in [5, 5.41) is 8.92. The van der Waals surface area contributed by atoms with Crippen molar-refractivity contribution in [1.82, 2.24) is 4.90 Å². The molecule has 20 heavy (non-hydrogen) atoms. The summed E-state index contributed by atoms with van der Waals surface area (Å²) in [5.74, 6) is -1.06. The summed E-state index contributed by atoms with van der Waals surface area (Å²) in [5.41, 5.74) is 1.86. The number of amides is 1. The van der Waals surface area contributed by atoms with Crippen LogP contribution in [0.1, 0.15) is 30.4 Å². The van der Waals surface area contributed by atoms with Crippen molar-refractivity contribution in [2.75, 3.05) is 13.1 Å². The van der Waals surface area contributed by atoms with Crippen LogP contribution in [0.25, 0.3) is 0 Å². The van der Waals surface area contributed by atoms with Crippen molar-refractivity contribution in [3.63, 3.8) is 0 Å². The van der Waals surface area contributed by atoms with Crippen molar-refractivity contribution in [1.29, 1.82) is 0 Å². The molecule has 0 spiro atoms. The van der Waals surface area contributed by atoms with Gasteiger partial charge in [-0.3, -0.25) is 9.59 Å². The molecule has 3 rings (SSSR count). The van der Waals surface area contributed by atoms with Crippen molar-refractivity contribution in [2.24, 2.45) is 5.92 Å². The molecule has 1 amide bonds. The first kappa shape index (κ1) is 13.2. The van der Waals surface area contributed by atoms with E-state index in [9.17, 15) is 9.59 Å². The summed E-state index contributed by atoms with van der Waals surface area (Å²) in [6.07, 6.45) is 2.82. The van der Waals surface area contributed by atoms with Gasteiger partial charge in [0.2, 0.25) is 5.91 Å². The van der Waals surface area contributed by atoms with Crippen LogP contribution in [0.5, 0.6) is 0 Å². The molecule has 2 aliphatic rings. The van der Waals surface area contributed by atoms with E-state index in [0.29, 0.717) is 13.1 Å². The Kier molecular flexibility index (Phi) is 3.04. The molecule has 0 aromatic heterocycles. The molecule has 1 heterocycles. The summed E-state index contributed by atoms with van der Waals surface area (Å²) >= 11 is 0. The molecular formula is C16H19NO3. The van der Waals surface area contributed by atoms with Crippen molar-refractivity contribution >= 4 is 11.9 Å². The molecule has 1 aromatic carbocycles. The van der Waals surface area contributed by atoms with Crippen molar-refractivity contribution in [3.05, 3.63) is 35.4 Å². The van der Waals surface area contributed by atoms with Crippen LogP contribution >= 0.6 is 0 Å². The first-order valence-corrected chi connectivity index (χ1v) is 7.12. The molecule has 1 aromatic rings. The second kappa shape index (κ2) is 4.62. The first-order chi connectivity index (χ1) is 9.53. The van der Waals surface area contributed by atoms with E-state index in [4.69, 9.17) is 5.11 Å². The average Bonchev–Trinajstić information content (AvgIpc) is 2.24. The topological polar surface area (TPSA) is 57.6 Å². The van der Waals surface area contributed by atoms with Gasteiger partial charge in [-0.15, -0.1) is 0 Å². The Labute approximate surface area is 118 Å². The molecule has 1 aliphatic heterocycles. The van der Waals surface area contributed by atoms with Gasteiger partial charge in [0, 0.05) is 13.1 Å². The predicted molar refractivity (Wildman–Crippen MR) is 74.4 cm³/mol. The normalized spacial score (nSPS) is 20.9. The molecule has 1 saturated heterocycles. The van der Waals surface area contributed by atoms with E-state index in [2.05, 4.69) is 6.07 Å². The lowest BCUT2D eigenvalue weighted by Gasteiger charge is -2.48. The van der Waals surface area contributed by atoms with E-state index in [0.717, 1.165) is 30.4 Å². The lowest BCUT2D eigenvalue weighted by atomic mass is 9.63. The van der Waals surface area contributed by atoms with Gasteiger partial charge in [-0.25, -0.2) is 0 Å². The Balaban J connectivity index is 1.80. The number of carboxylic acids is 1. The highest BCUT2D eigenvalue weighted by atomic mass is 16.4. The zero-order valence-electron chi connectivity index (χ0n) is 11.6. The largest absolute Gasteiger partial charge is 0.481 e. The fourth-order valence-electron chi connectivity index (χ4n) is 3.20. The number of hydrogen-bond donors (Lipinski definition) is 1. The number of aryl methyl sites for hydroxylation is 1. The quantitative estimate of drug-likeness (QED) is 0.916. The standard InChI is InChI=1S/C16H19NO3/c1-11-4-2-5-13(8-11)16(6-3-7-16)15(20)17-9-12(10-17)14(18)19/h2,4-5,8,12H,3,6-7,9-10H2,1H3,(H,18,19). The Morgan fingerprint density at radius 2 is 2.00 bits per heavy atom. The van der Waals surface area contributed by atoms with Crippen LogP contribution in [0, 0.1) is 12.8 Å². The monoisotopic (exact) mass is 273 g/mol. The Morgan fingerprint density at radius 3 is 2.50 bits per heavy atom. The van der Waals surface area contributed by atoms with Crippen LogP contribution in [0.15, 0.2) is 24.3 Å². The molecule has 0 radical (unpaired) electrons. The minimum Gasteiger partial charge on any atom is -0.481 e. The molecule has 2 fully saturated rings. The fourth-order valence-corrected chi connectivity index (χ4v) is 3.20. The van der Waals surface area contributed by atoms with Gasteiger partial charge in [0.15, 0.2) is 0 Å². The summed E-state index contributed by atoms with van der Waals surface area (Å²) in [6, 6.07) is 8.14. The van der Waals surface area contributed by atoms with Gasteiger partial charge in [-0.05, 0) is 25.3 Å². The fraction of sp³-hybridized carbons (Fsp3) is 0.500. The summed E-state index contributed by atoms with van der Waals surface area (Å²) in [7, 11) is 0. The van der Waals surface area contributed by atoms with E-state index in [-0.39, 0.29) is 11.8 Å². The van der Waals surface area contributed by atoms with Crippen molar-refractivity contribution in [3.8, 4) is 0 Å². The molecule has 1 aliphatic carbocycles. The zero-order chi connectivity index (χ0) is 14.3. The van der Waals surface area contributed by atoms with Crippen molar-refractivity contribution in [2.45, 2.75) is 31.6 Å². The lowest BCUT2D eigenvalue weighted by Crippen LogP contribution is -2.60. The molecule has 1 saturated carbocycles. The predicted octanol–water partition coefficient (Wildman–Crippen LogP) is 1.96. The van der Waals surface area contributed by atoms with E-state index in [1.807, 2.05) is 25.1 Å². The number of rotatable bonds is 3. The molecular weight excluding hydrogens is 254 g/mol. The maximum atomic E-state index is 12.7. The minimum absolute atomic E-state index is 0.117. The van der Waals surface area contributed by atoms with Gasteiger partial charge < -0.3 is 10.0 Å². The van der Waals surface area contributed by atoms with Crippen LogP contribution in [0.4, 0.5) is 0 Å². The summed E-state index contributed by atoms with van der Waals surface area (Å²) in [4.78, 5) is 25.3. The van der Waals surface area contributed by atoms with Gasteiger partial charge in [0.05, 0.1) is 11.3 Å². The van der Waals surface area contributed by atoms with E-state index >= 15 is 0 Å². The summed E-state index contributed by atoms with van der Waals surface area (Å²) in [6.45, 7) is 2.76. The summed E-state index contributed by atoms with van der Waals surface area (Å²) < 4.78 is 0. The molecule has 0 bridgehead atoms. The number of hydrogen-bond acceptors (Lipinski definition) is 2. The van der Waals surface area contributed by atoms with Crippen LogP contribution < -0.4 is 0 Å². The molecule has 1 N–H and O–H groups in total. The van der Waals surface area contributed by atoms with E-state index < -0.39 is 11.4 Å². The van der Waals surface area contributed by atoms with Crippen LogP contribution in [-0.4, -0.2) is 35.0 Å². The highest BCUT2D eigenvalue weighted by Crippen LogP contribution is 2.46.